The minimum absolute atomic E-state index is 0.0383. The molecule has 0 spiro atoms. The summed E-state index contributed by atoms with van der Waals surface area (Å²) in [5.74, 6) is 0.595. The third-order valence-corrected chi connectivity index (χ3v) is 7.28. The molecule has 7 heteroatoms. The maximum Gasteiger partial charge on any atom is 0.243 e. The van der Waals surface area contributed by atoms with Crippen LogP contribution in [0.2, 0.25) is 0 Å². The van der Waals surface area contributed by atoms with Crippen molar-refractivity contribution < 1.29 is 9.59 Å². The predicted octanol–water partition coefficient (Wildman–Crippen LogP) is 3.88. The van der Waals surface area contributed by atoms with E-state index in [0.29, 0.717) is 31.2 Å². The number of thiazole rings is 1. The Morgan fingerprint density at radius 3 is 2.65 bits per heavy atom. The first-order valence-electron chi connectivity index (χ1n) is 11.6. The zero-order chi connectivity index (χ0) is 22.4. The number of nitrogens with one attached hydrogen (secondary N) is 2. The number of hydrogen-bond acceptors (Lipinski definition) is 5. The van der Waals surface area contributed by atoms with Crippen molar-refractivity contribution in [1.29, 1.82) is 0 Å². The molecule has 1 aromatic heterocycles. The van der Waals surface area contributed by atoms with Gasteiger partial charge in [-0.25, -0.2) is 4.98 Å². The summed E-state index contributed by atoms with van der Waals surface area (Å²) < 4.78 is 1.11. The lowest BCUT2D eigenvalue weighted by Gasteiger charge is -2.28. The number of nitrogens with two attached hydrogens (primary N) is 1. The van der Waals surface area contributed by atoms with Gasteiger partial charge in [-0.3, -0.25) is 9.59 Å². The number of benzene rings is 1. The van der Waals surface area contributed by atoms with Crippen molar-refractivity contribution >= 4 is 33.4 Å². The van der Waals surface area contributed by atoms with Crippen LogP contribution in [0, 0.1) is 5.92 Å². The van der Waals surface area contributed by atoms with Gasteiger partial charge in [0.1, 0.15) is 6.04 Å². The summed E-state index contributed by atoms with van der Waals surface area (Å²) in [5, 5.41) is 6.70. The van der Waals surface area contributed by atoms with Crippen LogP contribution < -0.4 is 16.4 Å². The van der Waals surface area contributed by atoms with Gasteiger partial charge in [0.2, 0.25) is 11.8 Å². The van der Waals surface area contributed by atoms with Crippen molar-refractivity contribution in [2.75, 3.05) is 6.54 Å². The number of hydrogen-bond donors (Lipinski definition) is 3. The van der Waals surface area contributed by atoms with Gasteiger partial charge < -0.3 is 16.4 Å². The minimum Gasteiger partial charge on any atom is -0.353 e. The topological polar surface area (TPSA) is 97.1 Å². The average molecular weight is 445 g/mol. The monoisotopic (exact) mass is 444 g/mol. The molecule has 1 aliphatic rings. The highest BCUT2D eigenvalue weighted by Gasteiger charge is 2.25. The fourth-order valence-corrected chi connectivity index (χ4v) is 5.25. The molecule has 170 valence electrons. The van der Waals surface area contributed by atoms with Crippen LogP contribution in [0.15, 0.2) is 18.2 Å². The van der Waals surface area contributed by atoms with E-state index in [1.54, 1.807) is 18.3 Å². The van der Waals surface area contributed by atoms with Crippen LogP contribution in [0.5, 0.6) is 0 Å². The Bertz CT molecular complexity index is 889. The number of nitrogens with zero attached hydrogens (tertiary/aromatic N) is 1. The van der Waals surface area contributed by atoms with E-state index in [1.807, 2.05) is 6.07 Å². The smallest absolute Gasteiger partial charge is 0.243 e. The zero-order valence-electron chi connectivity index (χ0n) is 18.9. The van der Waals surface area contributed by atoms with Gasteiger partial charge in [0.05, 0.1) is 15.2 Å². The third-order valence-electron chi connectivity index (χ3n) is 6.24. The molecule has 31 heavy (non-hydrogen) atoms. The second-order valence-electron chi connectivity index (χ2n) is 8.97. The molecule has 2 atom stereocenters. The molecule has 4 N–H and O–H groups in total. The molecule has 0 saturated heterocycles. The maximum atomic E-state index is 12.9. The Morgan fingerprint density at radius 1 is 1.23 bits per heavy atom. The normalized spacial score (nSPS) is 16.9. The molecule has 1 aliphatic carbocycles. The van der Waals surface area contributed by atoms with E-state index in [2.05, 4.69) is 36.6 Å². The molecule has 1 fully saturated rings. The molecule has 0 bridgehead atoms. The van der Waals surface area contributed by atoms with Crippen molar-refractivity contribution in [1.82, 2.24) is 15.6 Å². The molecular formula is C24H36N4O2S. The number of carbonyl (C=O) groups excluding carboxylic acids is 2. The van der Waals surface area contributed by atoms with Crippen LogP contribution in [0.25, 0.3) is 10.2 Å². The number of carbonyl (C=O) groups is 2. The third kappa shape index (κ3) is 6.50. The second kappa shape index (κ2) is 11.0. The Hall–Kier alpha value is -1.99. The molecule has 1 aromatic carbocycles. The largest absolute Gasteiger partial charge is 0.353 e. The SMILES string of the molecule is CCC(=O)N[C@@H](Cc1nc2ccc(C(C)C)cc2s1)C(=O)NC[C@@H](N)C1CCCCC1. The van der Waals surface area contributed by atoms with E-state index in [9.17, 15) is 9.59 Å². The molecule has 0 unspecified atom stereocenters. The summed E-state index contributed by atoms with van der Waals surface area (Å²) >= 11 is 1.59. The van der Waals surface area contributed by atoms with E-state index in [-0.39, 0.29) is 17.9 Å². The van der Waals surface area contributed by atoms with Crippen molar-refractivity contribution in [3.8, 4) is 0 Å². The van der Waals surface area contributed by atoms with Gasteiger partial charge in [0.25, 0.3) is 0 Å². The molecule has 3 rings (SSSR count). The highest BCUT2D eigenvalue weighted by molar-refractivity contribution is 7.18. The lowest BCUT2D eigenvalue weighted by atomic mass is 9.84. The first-order valence-corrected chi connectivity index (χ1v) is 12.4. The van der Waals surface area contributed by atoms with Crippen molar-refractivity contribution in [2.45, 2.75) is 83.7 Å². The van der Waals surface area contributed by atoms with E-state index < -0.39 is 6.04 Å². The van der Waals surface area contributed by atoms with Gasteiger partial charge in [0.15, 0.2) is 0 Å². The van der Waals surface area contributed by atoms with Gasteiger partial charge in [0, 0.05) is 25.4 Å². The van der Waals surface area contributed by atoms with E-state index in [0.717, 1.165) is 28.1 Å². The van der Waals surface area contributed by atoms with Crippen LogP contribution in [0.1, 0.15) is 75.8 Å². The zero-order valence-corrected chi connectivity index (χ0v) is 19.8. The summed E-state index contributed by atoms with van der Waals surface area (Å²) in [6.07, 6.45) is 6.71. The number of aromatic nitrogens is 1. The second-order valence-corrected chi connectivity index (χ2v) is 10.1. The van der Waals surface area contributed by atoms with Gasteiger partial charge in [-0.2, -0.15) is 0 Å². The molecular weight excluding hydrogens is 408 g/mol. The van der Waals surface area contributed by atoms with Crippen molar-refractivity contribution in [3.05, 3.63) is 28.8 Å². The van der Waals surface area contributed by atoms with Crippen LogP contribution in [-0.4, -0.2) is 35.4 Å². The predicted molar refractivity (Wildman–Crippen MR) is 127 cm³/mol. The fourth-order valence-electron chi connectivity index (χ4n) is 4.19. The molecule has 1 saturated carbocycles. The Kier molecular flexibility index (Phi) is 8.43. The Balaban J connectivity index is 1.67. The van der Waals surface area contributed by atoms with Crippen molar-refractivity contribution in [3.63, 3.8) is 0 Å². The Morgan fingerprint density at radius 2 is 1.97 bits per heavy atom. The van der Waals surface area contributed by atoms with Gasteiger partial charge in [-0.15, -0.1) is 11.3 Å². The number of amides is 2. The van der Waals surface area contributed by atoms with Gasteiger partial charge >= 0.3 is 0 Å². The summed E-state index contributed by atoms with van der Waals surface area (Å²) in [5.41, 5.74) is 8.56. The first kappa shape index (κ1) is 23.7. The lowest BCUT2D eigenvalue weighted by Crippen LogP contribution is -2.51. The molecule has 0 radical (unpaired) electrons. The minimum atomic E-state index is -0.642. The van der Waals surface area contributed by atoms with E-state index >= 15 is 0 Å². The average Bonchev–Trinajstić information content (AvgIpc) is 3.18. The molecule has 1 heterocycles. The highest BCUT2D eigenvalue weighted by Crippen LogP contribution is 2.27. The van der Waals surface area contributed by atoms with Crippen molar-refractivity contribution in [2.24, 2.45) is 11.7 Å². The molecule has 0 aliphatic heterocycles. The summed E-state index contributed by atoms with van der Waals surface area (Å²) in [4.78, 5) is 29.7. The molecule has 2 aromatic rings. The fraction of sp³-hybridized carbons (Fsp3) is 0.625. The van der Waals surface area contributed by atoms with E-state index in [4.69, 9.17) is 10.7 Å². The number of rotatable bonds is 9. The van der Waals surface area contributed by atoms with Gasteiger partial charge in [-0.1, -0.05) is 46.1 Å². The number of fused-ring (bicyclic) bond motifs is 1. The maximum absolute atomic E-state index is 12.9. The van der Waals surface area contributed by atoms with Crippen LogP contribution in [0.3, 0.4) is 0 Å². The summed E-state index contributed by atoms with van der Waals surface area (Å²) in [6, 6.07) is 5.63. The summed E-state index contributed by atoms with van der Waals surface area (Å²) in [7, 11) is 0. The van der Waals surface area contributed by atoms with E-state index in [1.165, 1.54) is 24.8 Å². The highest BCUT2D eigenvalue weighted by atomic mass is 32.1. The van der Waals surface area contributed by atoms with Gasteiger partial charge in [-0.05, 0) is 42.4 Å². The quantitative estimate of drug-likeness (QED) is 0.547. The lowest BCUT2D eigenvalue weighted by molar-refractivity contribution is -0.128. The molecule has 6 nitrogen and oxygen atoms in total. The van der Waals surface area contributed by atoms with Crippen LogP contribution >= 0.6 is 11.3 Å². The summed E-state index contributed by atoms with van der Waals surface area (Å²) in [6.45, 7) is 6.57. The molecule has 2 amide bonds. The van der Waals surface area contributed by atoms with Crippen LogP contribution in [0.4, 0.5) is 0 Å². The Labute approximate surface area is 189 Å². The standard InChI is InChI=1S/C24H36N4O2S/c1-4-22(29)27-20(24(30)26-14-18(25)16-8-6-5-7-9-16)13-23-28-19-11-10-17(15(2)3)12-21(19)31-23/h10-12,15-16,18,20H,4-9,13-14,25H2,1-3H3,(H,26,30)(H,27,29)/t18-,20+/m1/s1. The van der Waals surface area contributed by atoms with Crippen LogP contribution in [-0.2, 0) is 16.0 Å². The first-order chi connectivity index (χ1) is 14.9.